The molecule has 4 rings (SSSR count). The highest BCUT2D eigenvalue weighted by molar-refractivity contribution is 7.99. The highest BCUT2D eigenvalue weighted by atomic mass is 32.2. The summed E-state index contributed by atoms with van der Waals surface area (Å²) in [7, 11) is 0. The lowest BCUT2D eigenvalue weighted by Gasteiger charge is -2.11. The quantitative estimate of drug-likeness (QED) is 0.458. The molecule has 4 aromatic rings. The van der Waals surface area contributed by atoms with Crippen LogP contribution in [0.5, 0.6) is 0 Å². The molecule has 0 bridgehead atoms. The molecule has 0 aliphatic heterocycles. The van der Waals surface area contributed by atoms with E-state index in [0.717, 1.165) is 17.0 Å². The lowest BCUT2D eigenvalue weighted by atomic mass is 10.1. The van der Waals surface area contributed by atoms with E-state index >= 15 is 0 Å². The van der Waals surface area contributed by atoms with Crippen LogP contribution in [0.4, 0.5) is 0 Å². The SMILES string of the molecule is O=C(CSc1nnc(Cc2ccccc2)n1-n1cccc1)NCc1ccccc1. The summed E-state index contributed by atoms with van der Waals surface area (Å²) >= 11 is 1.38. The molecule has 0 fully saturated rings. The molecular weight excluding hydrogens is 382 g/mol. The molecule has 2 aromatic heterocycles. The van der Waals surface area contributed by atoms with Crippen molar-refractivity contribution in [3.8, 4) is 0 Å². The van der Waals surface area contributed by atoms with Crippen LogP contribution in [0.15, 0.2) is 90.3 Å². The van der Waals surface area contributed by atoms with Crippen molar-refractivity contribution in [2.45, 2.75) is 18.1 Å². The van der Waals surface area contributed by atoms with Crippen LogP contribution >= 0.6 is 11.8 Å². The highest BCUT2D eigenvalue weighted by Crippen LogP contribution is 2.19. The minimum Gasteiger partial charge on any atom is -0.351 e. The normalized spacial score (nSPS) is 10.8. The summed E-state index contributed by atoms with van der Waals surface area (Å²) in [4.78, 5) is 12.3. The smallest absolute Gasteiger partial charge is 0.230 e. The minimum atomic E-state index is -0.0366. The van der Waals surface area contributed by atoms with E-state index in [1.807, 2.05) is 82.4 Å². The number of nitrogens with zero attached hydrogens (tertiary/aromatic N) is 4. The molecule has 7 heteroatoms. The van der Waals surface area contributed by atoms with Crippen molar-refractivity contribution in [3.63, 3.8) is 0 Å². The maximum absolute atomic E-state index is 12.3. The van der Waals surface area contributed by atoms with Crippen LogP contribution in [0, 0.1) is 0 Å². The van der Waals surface area contributed by atoms with Crippen LogP contribution in [0.25, 0.3) is 0 Å². The van der Waals surface area contributed by atoms with Gasteiger partial charge in [-0.2, -0.15) is 0 Å². The van der Waals surface area contributed by atoms with Crippen molar-refractivity contribution in [1.29, 1.82) is 0 Å². The number of rotatable bonds is 8. The first-order chi connectivity index (χ1) is 14.3. The summed E-state index contributed by atoms with van der Waals surface area (Å²) in [5.41, 5.74) is 2.23. The van der Waals surface area contributed by atoms with Gasteiger partial charge in [0.15, 0.2) is 5.82 Å². The Kier molecular flexibility index (Phi) is 6.07. The number of amides is 1. The maximum atomic E-state index is 12.3. The number of thioether (sulfide) groups is 1. The zero-order valence-corrected chi connectivity index (χ0v) is 16.6. The minimum absolute atomic E-state index is 0.0366. The van der Waals surface area contributed by atoms with Gasteiger partial charge in [0.25, 0.3) is 0 Å². The van der Waals surface area contributed by atoms with Gasteiger partial charge in [0, 0.05) is 25.4 Å². The number of carbonyl (C=O) groups is 1. The third kappa shape index (κ3) is 4.94. The monoisotopic (exact) mass is 403 g/mol. The van der Waals surface area contributed by atoms with Crippen LogP contribution in [0.2, 0.25) is 0 Å². The van der Waals surface area contributed by atoms with E-state index in [-0.39, 0.29) is 11.7 Å². The van der Waals surface area contributed by atoms with Crippen molar-refractivity contribution in [2.75, 3.05) is 5.75 Å². The summed E-state index contributed by atoms with van der Waals surface area (Å²) in [6.07, 6.45) is 4.54. The largest absolute Gasteiger partial charge is 0.351 e. The van der Waals surface area contributed by atoms with Crippen molar-refractivity contribution in [2.24, 2.45) is 0 Å². The Bertz CT molecular complexity index is 1050. The highest BCUT2D eigenvalue weighted by Gasteiger charge is 2.16. The van der Waals surface area contributed by atoms with Gasteiger partial charge in [0.1, 0.15) is 0 Å². The Morgan fingerprint density at radius 3 is 2.21 bits per heavy atom. The Hall–Kier alpha value is -3.32. The zero-order valence-electron chi connectivity index (χ0n) is 15.8. The summed E-state index contributed by atoms with van der Waals surface area (Å²) in [6.45, 7) is 0.518. The molecule has 0 aliphatic carbocycles. The predicted octanol–water partition coefficient (Wildman–Crippen LogP) is 3.39. The fourth-order valence-corrected chi connectivity index (χ4v) is 3.73. The first-order valence-electron chi connectivity index (χ1n) is 9.35. The van der Waals surface area contributed by atoms with Crippen molar-refractivity contribution in [1.82, 2.24) is 24.9 Å². The third-order valence-electron chi connectivity index (χ3n) is 4.37. The Balaban J connectivity index is 1.45. The van der Waals surface area contributed by atoms with Gasteiger partial charge in [-0.15, -0.1) is 10.2 Å². The van der Waals surface area contributed by atoms with E-state index in [1.165, 1.54) is 11.8 Å². The van der Waals surface area contributed by atoms with Gasteiger partial charge < -0.3 is 5.32 Å². The number of aromatic nitrogens is 4. The van der Waals surface area contributed by atoms with Gasteiger partial charge in [-0.05, 0) is 23.3 Å². The Labute approximate surface area is 173 Å². The molecule has 1 N–H and O–H groups in total. The van der Waals surface area contributed by atoms with E-state index in [0.29, 0.717) is 18.1 Å². The topological polar surface area (TPSA) is 64.7 Å². The summed E-state index contributed by atoms with van der Waals surface area (Å²) in [5.74, 6) is 1.06. The lowest BCUT2D eigenvalue weighted by molar-refractivity contribution is -0.118. The molecule has 29 heavy (non-hydrogen) atoms. The van der Waals surface area contributed by atoms with Gasteiger partial charge in [0.2, 0.25) is 11.1 Å². The van der Waals surface area contributed by atoms with E-state index in [4.69, 9.17) is 0 Å². The number of carbonyl (C=O) groups excluding carboxylic acids is 1. The van der Waals surface area contributed by atoms with E-state index in [2.05, 4.69) is 27.6 Å². The van der Waals surface area contributed by atoms with Crippen LogP contribution in [-0.4, -0.2) is 31.2 Å². The van der Waals surface area contributed by atoms with E-state index < -0.39 is 0 Å². The van der Waals surface area contributed by atoms with Crippen LogP contribution < -0.4 is 5.32 Å². The molecule has 6 nitrogen and oxygen atoms in total. The van der Waals surface area contributed by atoms with Gasteiger partial charge in [0.05, 0.1) is 5.75 Å². The second-order valence-corrected chi connectivity index (χ2v) is 7.43. The fraction of sp³-hybridized carbons (Fsp3) is 0.136. The molecule has 0 saturated carbocycles. The molecular formula is C22H21N5OS. The molecule has 0 unspecified atom stereocenters. The summed E-state index contributed by atoms with van der Waals surface area (Å²) in [5, 5.41) is 12.3. The number of nitrogens with one attached hydrogen (secondary N) is 1. The maximum Gasteiger partial charge on any atom is 0.230 e. The average molecular weight is 404 g/mol. The van der Waals surface area contributed by atoms with Crippen molar-refractivity contribution >= 4 is 17.7 Å². The van der Waals surface area contributed by atoms with Gasteiger partial charge >= 0.3 is 0 Å². The fourth-order valence-electron chi connectivity index (χ4n) is 2.94. The van der Waals surface area contributed by atoms with Crippen LogP contribution in [0.3, 0.4) is 0 Å². The van der Waals surface area contributed by atoms with Gasteiger partial charge in [-0.25, -0.2) is 4.68 Å². The molecule has 1 amide bonds. The first-order valence-corrected chi connectivity index (χ1v) is 10.3. The van der Waals surface area contributed by atoms with E-state index in [9.17, 15) is 4.79 Å². The molecule has 146 valence electrons. The standard InChI is InChI=1S/C22H21N5OS/c28-21(23-16-19-11-5-2-6-12-19)17-29-22-25-24-20(15-18-9-3-1-4-10-18)27(22)26-13-7-8-14-26/h1-14H,15-17H2,(H,23,28). The third-order valence-corrected chi connectivity index (χ3v) is 5.29. The summed E-state index contributed by atoms with van der Waals surface area (Å²) in [6, 6.07) is 23.9. The van der Waals surface area contributed by atoms with Crippen molar-refractivity contribution < 1.29 is 4.79 Å². The van der Waals surface area contributed by atoms with Crippen molar-refractivity contribution in [3.05, 3.63) is 102 Å². The Morgan fingerprint density at radius 2 is 1.52 bits per heavy atom. The van der Waals surface area contributed by atoms with Crippen LogP contribution in [-0.2, 0) is 17.8 Å². The molecule has 0 saturated heterocycles. The van der Waals surface area contributed by atoms with Crippen LogP contribution in [0.1, 0.15) is 17.0 Å². The molecule has 0 atom stereocenters. The Morgan fingerprint density at radius 1 is 0.862 bits per heavy atom. The number of hydrogen-bond acceptors (Lipinski definition) is 4. The van der Waals surface area contributed by atoms with E-state index in [1.54, 1.807) is 0 Å². The molecule has 0 aliphatic rings. The molecule has 0 spiro atoms. The predicted molar refractivity (Wildman–Crippen MR) is 114 cm³/mol. The number of benzene rings is 2. The first kappa shape index (κ1) is 19.0. The second kappa shape index (κ2) is 9.25. The molecule has 2 heterocycles. The number of hydrogen-bond donors (Lipinski definition) is 1. The second-order valence-electron chi connectivity index (χ2n) is 6.49. The van der Waals surface area contributed by atoms with Gasteiger partial charge in [-0.3, -0.25) is 9.47 Å². The summed E-state index contributed by atoms with van der Waals surface area (Å²) < 4.78 is 3.88. The molecule has 2 aromatic carbocycles. The van der Waals surface area contributed by atoms with Gasteiger partial charge in [-0.1, -0.05) is 72.4 Å². The zero-order chi connectivity index (χ0) is 19.9. The molecule has 0 radical (unpaired) electrons. The lowest BCUT2D eigenvalue weighted by Crippen LogP contribution is -2.25. The average Bonchev–Trinajstić information content (AvgIpc) is 3.42.